The van der Waals surface area contributed by atoms with Crippen molar-refractivity contribution in [3.63, 3.8) is 0 Å². The number of aryl methyl sites for hydroxylation is 1. The molecule has 0 bridgehead atoms. The second kappa shape index (κ2) is 6.23. The van der Waals surface area contributed by atoms with Crippen molar-refractivity contribution in [2.75, 3.05) is 13.1 Å². The van der Waals surface area contributed by atoms with Gasteiger partial charge in [-0.2, -0.15) is 0 Å². The number of aromatic nitrogens is 1. The van der Waals surface area contributed by atoms with E-state index in [2.05, 4.69) is 47.2 Å². The first kappa shape index (κ1) is 14.0. The van der Waals surface area contributed by atoms with Crippen molar-refractivity contribution in [1.29, 1.82) is 0 Å². The first-order valence-corrected chi connectivity index (χ1v) is 8.16. The molecule has 0 saturated heterocycles. The highest BCUT2D eigenvalue weighted by Gasteiger charge is 2.35. The number of pyridine rings is 1. The van der Waals surface area contributed by atoms with Crippen molar-refractivity contribution in [2.24, 2.45) is 5.92 Å². The minimum atomic E-state index is 0.758. The molecule has 3 nitrogen and oxygen atoms in total. The predicted molar refractivity (Wildman–Crippen MR) is 82.6 cm³/mol. The number of rotatable bonds is 7. The molecule has 3 heteroatoms. The van der Waals surface area contributed by atoms with Gasteiger partial charge in [0.1, 0.15) is 0 Å². The van der Waals surface area contributed by atoms with Gasteiger partial charge in [-0.3, -0.25) is 9.88 Å². The zero-order valence-corrected chi connectivity index (χ0v) is 12.8. The van der Waals surface area contributed by atoms with Crippen LogP contribution in [-0.2, 0) is 6.54 Å². The maximum Gasteiger partial charge on any atom is 0.0547 e. The van der Waals surface area contributed by atoms with Crippen LogP contribution in [0.3, 0.4) is 0 Å². The highest BCUT2D eigenvalue weighted by Crippen LogP contribution is 2.33. The molecule has 0 aromatic carbocycles. The minimum absolute atomic E-state index is 0.758. The van der Waals surface area contributed by atoms with Gasteiger partial charge in [-0.15, -0.1) is 0 Å². The van der Waals surface area contributed by atoms with Gasteiger partial charge in [0.05, 0.1) is 5.69 Å². The number of hydrogen-bond donors (Lipinski definition) is 1. The highest BCUT2D eigenvalue weighted by molar-refractivity contribution is 5.10. The third-order valence-corrected chi connectivity index (χ3v) is 4.81. The summed E-state index contributed by atoms with van der Waals surface area (Å²) in [5.74, 6) is 0.848. The average Bonchev–Trinajstić information content (AvgIpc) is 3.21. The summed E-state index contributed by atoms with van der Waals surface area (Å²) in [5, 5.41) is 3.70. The monoisotopic (exact) mass is 273 g/mol. The van der Waals surface area contributed by atoms with Crippen LogP contribution in [0.2, 0.25) is 0 Å². The molecular formula is C17H27N3. The summed E-state index contributed by atoms with van der Waals surface area (Å²) in [4.78, 5) is 7.27. The molecule has 110 valence electrons. The van der Waals surface area contributed by atoms with Crippen LogP contribution in [0.1, 0.15) is 44.0 Å². The quantitative estimate of drug-likeness (QED) is 0.828. The molecule has 3 rings (SSSR count). The van der Waals surface area contributed by atoms with E-state index in [1.165, 1.54) is 37.9 Å². The largest absolute Gasteiger partial charge is 0.314 e. The average molecular weight is 273 g/mol. The lowest BCUT2D eigenvalue weighted by atomic mass is 9.78. The summed E-state index contributed by atoms with van der Waals surface area (Å²) in [6.07, 6.45) is 5.53. The maximum atomic E-state index is 4.65. The van der Waals surface area contributed by atoms with E-state index < -0.39 is 0 Å². The fourth-order valence-electron chi connectivity index (χ4n) is 3.23. The first-order chi connectivity index (χ1) is 9.76. The van der Waals surface area contributed by atoms with Gasteiger partial charge in [0, 0.05) is 24.3 Å². The standard InChI is InChI=1S/C17H27N3/c1-3-20(12-16-6-4-5-13(2)19-16)17-10-7-14(17)11-18-15-8-9-15/h4-6,14-15,17-18H,3,7-12H2,1-2H3. The zero-order valence-electron chi connectivity index (χ0n) is 12.8. The molecule has 1 aromatic rings. The molecule has 2 atom stereocenters. The van der Waals surface area contributed by atoms with Gasteiger partial charge in [-0.05, 0) is 63.7 Å². The molecule has 1 aromatic heterocycles. The van der Waals surface area contributed by atoms with Gasteiger partial charge in [0.2, 0.25) is 0 Å². The van der Waals surface area contributed by atoms with Crippen LogP contribution in [-0.4, -0.2) is 35.1 Å². The molecule has 1 heterocycles. The minimum Gasteiger partial charge on any atom is -0.314 e. The van der Waals surface area contributed by atoms with Gasteiger partial charge < -0.3 is 5.32 Å². The molecule has 2 saturated carbocycles. The van der Waals surface area contributed by atoms with Gasteiger partial charge in [0.15, 0.2) is 0 Å². The summed E-state index contributed by atoms with van der Waals surface area (Å²) in [6, 6.07) is 7.95. The van der Waals surface area contributed by atoms with Crippen LogP contribution in [0.25, 0.3) is 0 Å². The van der Waals surface area contributed by atoms with Crippen molar-refractivity contribution in [3.05, 3.63) is 29.6 Å². The van der Waals surface area contributed by atoms with Crippen LogP contribution in [0.5, 0.6) is 0 Å². The Kier molecular flexibility index (Phi) is 4.37. The first-order valence-electron chi connectivity index (χ1n) is 8.16. The number of nitrogens with one attached hydrogen (secondary N) is 1. The molecule has 2 aliphatic carbocycles. The van der Waals surface area contributed by atoms with Crippen molar-refractivity contribution in [2.45, 2.75) is 58.2 Å². The van der Waals surface area contributed by atoms with Crippen LogP contribution in [0.15, 0.2) is 18.2 Å². The van der Waals surface area contributed by atoms with E-state index in [1.807, 2.05) is 0 Å². The molecule has 0 radical (unpaired) electrons. The van der Waals surface area contributed by atoms with Crippen LogP contribution < -0.4 is 5.32 Å². The third-order valence-electron chi connectivity index (χ3n) is 4.81. The van der Waals surface area contributed by atoms with E-state index in [1.54, 1.807) is 0 Å². The van der Waals surface area contributed by atoms with Crippen molar-refractivity contribution in [3.8, 4) is 0 Å². The molecular weight excluding hydrogens is 246 g/mol. The summed E-state index contributed by atoms with van der Waals surface area (Å²) in [6.45, 7) is 7.70. The van der Waals surface area contributed by atoms with E-state index in [9.17, 15) is 0 Å². The summed E-state index contributed by atoms with van der Waals surface area (Å²) >= 11 is 0. The molecule has 0 aliphatic heterocycles. The van der Waals surface area contributed by atoms with Crippen LogP contribution in [0, 0.1) is 12.8 Å². The summed E-state index contributed by atoms with van der Waals surface area (Å²) in [5.41, 5.74) is 2.34. The van der Waals surface area contributed by atoms with E-state index >= 15 is 0 Å². The van der Waals surface area contributed by atoms with Crippen LogP contribution >= 0.6 is 0 Å². The smallest absolute Gasteiger partial charge is 0.0547 e. The lowest BCUT2D eigenvalue weighted by molar-refractivity contribution is 0.0586. The number of hydrogen-bond acceptors (Lipinski definition) is 3. The van der Waals surface area contributed by atoms with E-state index in [0.717, 1.165) is 36.8 Å². The Morgan fingerprint density at radius 1 is 1.25 bits per heavy atom. The van der Waals surface area contributed by atoms with E-state index in [4.69, 9.17) is 0 Å². The summed E-state index contributed by atoms with van der Waals surface area (Å²) < 4.78 is 0. The molecule has 20 heavy (non-hydrogen) atoms. The maximum absolute atomic E-state index is 4.65. The van der Waals surface area contributed by atoms with Crippen molar-refractivity contribution in [1.82, 2.24) is 15.2 Å². The SMILES string of the molecule is CCN(Cc1cccc(C)n1)C1CCC1CNC1CC1. The van der Waals surface area contributed by atoms with Crippen LogP contribution in [0.4, 0.5) is 0 Å². The number of nitrogens with zero attached hydrogens (tertiary/aromatic N) is 2. The van der Waals surface area contributed by atoms with Gasteiger partial charge in [-0.1, -0.05) is 13.0 Å². The molecule has 0 spiro atoms. The van der Waals surface area contributed by atoms with Crippen molar-refractivity contribution >= 4 is 0 Å². The lowest BCUT2D eigenvalue weighted by Gasteiger charge is -2.44. The van der Waals surface area contributed by atoms with Gasteiger partial charge in [0.25, 0.3) is 0 Å². The third kappa shape index (κ3) is 3.39. The Morgan fingerprint density at radius 2 is 2.10 bits per heavy atom. The molecule has 1 N–H and O–H groups in total. The Hall–Kier alpha value is -0.930. The Balaban J connectivity index is 1.55. The molecule has 0 amide bonds. The molecule has 2 aliphatic rings. The lowest BCUT2D eigenvalue weighted by Crippen LogP contribution is -2.50. The van der Waals surface area contributed by atoms with E-state index in [0.29, 0.717) is 0 Å². The fourth-order valence-corrected chi connectivity index (χ4v) is 3.23. The predicted octanol–water partition coefficient (Wildman–Crippen LogP) is 2.74. The van der Waals surface area contributed by atoms with Gasteiger partial charge in [-0.25, -0.2) is 0 Å². The Labute approximate surface area is 122 Å². The second-order valence-corrected chi connectivity index (χ2v) is 6.42. The topological polar surface area (TPSA) is 28.2 Å². The summed E-state index contributed by atoms with van der Waals surface area (Å²) in [7, 11) is 0. The van der Waals surface area contributed by atoms with Gasteiger partial charge >= 0.3 is 0 Å². The Bertz CT molecular complexity index is 442. The van der Waals surface area contributed by atoms with E-state index in [-0.39, 0.29) is 0 Å². The normalized spacial score (nSPS) is 25.8. The fraction of sp³-hybridized carbons (Fsp3) is 0.706. The highest BCUT2D eigenvalue weighted by atomic mass is 15.2. The zero-order chi connectivity index (χ0) is 13.9. The Morgan fingerprint density at radius 3 is 2.70 bits per heavy atom. The van der Waals surface area contributed by atoms with Crippen molar-refractivity contribution < 1.29 is 0 Å². The molecule has 2 unspecified atom stereocenters. The second-order valence-electron chi connectivity index (χ2n) is 6.42. The molecule has 2 fully saturated rings.